The molecule has 6 heteroatoms. The minimum Gasteiger partial charge on any atom is -0.335 e. The zero-order valence-corrected chi connectivity index (χ0v) is 13.9. The summed E-state index contributed by atoms with van der Waals surface area (Å²) in [6.07, 6.45) is 3.94. The lowest BCUT2D eigenvalue weighted by atomic mass is 9.99. The number of benzene rings is 1. The van der Waals surface area contributed by atoms with E-state index in [0.717, 1.165) is 23.4 Å². The van der Waals surface area contributed by atoms with E-state index in [0.29, 0.717) is 17.8 Å². The van der Waals surface area contributed by atoms with Crippen molar-refractivity contribution in [1.29, 1.82) is 0 Å². The molecule has 1 aromatic carbocycles. The van der Waals surface area contributed by atoms with Crippen LogP contribution in [0.25, 0.3) is 0 Å². The molecule has 1 aliphatic heterocycles. The monoisotopic (exact) mass is 333 g/mol. The molecule has 0 radical (unpaired) electrons. The number of hydrogen-bond donors (Lipinski definition) is 1. The van der Waals surface area contributed by atoms with Gasteiger partial charge in [0.15, 0.2) is 0 Å². The third-order valence-corrected chi connectivity index (χ3v) is 5.20. The molecule has 1 aliphatic rings. The molecular formula is C17H20FN3OS. The quantitative estimate of drug-likeness (QED) is 0.939. The second-order valence-electron chi connectivity index (χ2n) is 6.05. The molecule has 2 heterocycles. The lowest BCUT2D eigenvalue weighted by molar-refractivity contribution is 0.0624. The fraction of sp³-hybridized carbons (Fsp3) is 0.412. The highest BCUT2D eigenvalue weighted by molar-refractivity contribution is 7.13. The van der Waals surface area contributed by atoms with Gasteiger partial charge in [-0.3, -0.25) is 4.79 Å². The predicted octanol–water partition coefficient (Wildman–Crippen LogP) is 2.82. The van der Waals surface area contributed by atoms with Gasteiger partial charge in [0, 0.05) is 25.0 Å². The van der Waals surface area contributed by atoms with Gasteiger partial charge in [-0.15, -0.1) is 11.3 Å². The van der Waals surface area contributed by atoms with Crippen molar-refractivity contribution < 1.29 is 9.18 Å². The van der Waals surface area contributed by atoms with E-state index >= 15 is 0 Å². The summed E-state index contributed by atoms with van der Waals surface area (Å²) in [5.74, 6) is -0.215. The maximum absolute atomic E-state index is 12.9. The van der Waals surface area contributed by atoms with Gasteiger partial charge in [-0.1, -0.05) is 12.1 Å². The summed E-state index contributed by atoms with van der Waals surface area (Å²) in [6, 6.07) is 6.71. The van der Waals surface area contributed by atoms with Gasteiger partial charge in [0.1, 0.15) is 10.7 Å². The van der Waals surface area contributed by atoms with Crippen molar-refractivity contribution in [2.24, 2.45) is 5.73 Å². The Hall–Kier alpha value is -1.79. The van der Waals surface area contributed by atoms with Crippen molar-refractivity contribution in [1.82, 2.24) is 9.88 Å². The van der Waals surface area contributed by atoms with Crippen molar-refractivity contribution in [2.75, 3.05) is 6.54 Å². The van der Waals surface area contributed by atoms with E-state index in [9.17, 15) is 9.18 Å². The van der Waals surface area contributed by atoms with Crippen LogP contribution in [0, 0.1) is 5.82 Å². The number of aromatic nitrogens is 1. The molecule has 2 atom stereocenters. The lowest BCUT2D eigenvalue weighted by Gasteiger charge is -2.36. The van der Waals surface area contributed by atoms with E-state index in [1.54, 1.807) is 18.3 Å². The number of carbonyl (C=O) groups is 1. The maximum Gasteiger partial charge on any atom is 0.265 e. The first-order valence-corrected chi connectivity index (χ1v) is 8.60. The van der Waals surface area contributed by atoms with E-state index in [1.165, 1.54) is 23.5 Å². The Kier molecular flexibility index (Phi) is 4.73. The Labute approximate surface area is 139 Å². The summed E-state index contributed by atoms with van der Waals surface area (Å²) in [6.45, 7) is 2.74. The first kappa shape index (κ1) is 16.1. The highest BCUT2D eigenvalue weighted by Crippen LogP contribution is 2.23. The second-order valence-corrected chi connectivity index (χ2v) is 7.17. The first-order chi connectivity index (χ1) is 11.0. The van der Waals surface area contributed by atoms with Crippen LogP contribution >= 0.6 is 11.3 Å². The molecule has 23 heavy (non-hydrogen) atoms. The van der Waals surface area contributed by atoms with Gasteiger partial charge in [-0.2, -0.15) is 0 Å². The van der Waals surface area contributed by atoms with E-state index in [-0.39, 0.29) is 23.8 Å². The number of likely N-dealkylation sites (tertiary alicyclic amines) is 1. The molecule has 0 spiro atoms. The van der Waals surface area contributed by atoms with Gasteiger partial charge in [-0.25, -0.2) is 9.37 Å². The summed E-state index contributed by atoms with van der Waals surface area (Å²) < 4.78 is 12.9. The average Bonchev–Trinajstić information content (AvgIpc) is 2.97. The lowest BCUT2D eigenvalue weighted by Crippen LogP contribution is -2.48. The molecule has 0 saturated carbocycles. The van der Waals surface area contributed by atoms with Crippen LogP contribution < -0.4 is 5.73 Å². The molecule has 2 unspecified atom stereocenters. The van der Waals surface area contributed by atoms with Crippen molar-refractivity contribution in [3.05, 3.63) is 51.7 Å². The van der Waals surface area contributed by atoms with Crippen molar-refractivity contribution >= 4 is 17.2 Å². The van der Waals surface area contributed by atoms with Gasteiger partial charge in [-0.05, 0) is 37.5 Å². The van der Waals surface area contributed by atoms with Crippen molar-refractivity contribution in [3.8, 4) is 0 Å². The molecule has 1 amide bonds. The Morgan fingerprint density at radius 3 is 2.87 bits per heavy atom. The van der Waals surface area contributed by atoms with Gasteiger partial charge in [0.2, 0.25) is 0 Å². The number of hydrogen-bond acceptors (Lipinski definition) is 4. The fourth-order valence-electron chi connectivity index (χ4n) is 2.92. The normalized spacial score (nSPS) is 21.4. The van der Waals surface area contributed by atoms with Crippen LogP contribution in [0.2, 0.25) is 0 Å². The molecule has 1 aromatic heterocycles. The van der Waals surface area contributed by atoms with E-state index in [1.807, 2.05) is 11.8 Å². The molecule has 2 aromatic rings. The molecule has 4 nitrogen and oxygen atoms in total. The summed E-state index contributed by atoms with van der Waals surface area (Å²) in [5.41, 5.74) is 6.94. The Balaban J connectivity index is 1.68. The van der Waals surface area contributed by atoms with Crippen molar-refractivity contribution in [2.45, 2.75) is 38.3 Å². The molecule has 2 N–H and O–H groups in total. The molecule has 1 saturated heterocycles. The largest absolute Gasteiger partial charge is 0.335 e. The first-order valence-electron chi connectivity index (χ1n) is 7.78. The number of rotatable bonds is 3. The SMILES string of the molecule is CC1CC(N)CCN1C(=O)c1cnc(Cc2ccc(F)cc2)s1. The van der Waals surface area contributed by atoms with Crippen molar-refractivity contribution in [3.63, 3.8) is 0 Å². The summed E-state index contributed by atoms with van der Waals surface area (Å²) in [5, 5.41) is 0.862. The van der Waals surface area contributed by atoms with Crippen LogP contribution in [0.3, 0.4) is 0 Å². The second kappa shape index (κ2) is 6.76. The summed E-state index contributed by atoms with van der Waals surface area (Å²) >= 11 is 1.41. The molecule has 122 valence electrons. The van der Waals surface area contributed by atoms with Gasteiger partial charge in [0.25, 0.3) is 5.91 Å². The minimum atomic E-state index is -0.249. The number of piperidine rings is 1. The number of thiazole rings is 1. The maximum atomic E-state index is 12.9. The van der Waals surface area contributed by atoms with Crippen LogP contribution in [0.5, 0.6) is 0 Å². The van der Waals surface area contributed by atoms with E-state index in [2.05, 4.69) is 4.98 Å². The summed E-state index contributed by atoms with van der Waals surface area (Å²) in [4.78, 5) is 19.5. The van der Waals surface area contributed by atoms with Crippen LogP contribution in [-0.4, -0.2) is 34.4 Å². The van der Waals surface area contributed by atoms with E-state index < -0.39 is 0 Å². The zero-order valence-electron chi connectivity index (χ0n) is 13.0. The Morgan fingerprint density at radius 1 is 1.43 bits per heavy atom. The minimum absolute atomic E-state index is 0.0345. The Bertz CT molecular complexity index is 685. The number of halogens is 1. The molecule has 1 fully saturated rings. The van der Waals surface area contributed by atoms with Crippen LogP contribution in [0.15, 0.2) is 30.5 Å². The zero-order chi connectivity index (χ0) is 16.4. The topological polar surface area (TPSA) is 59.2 Å². The molecule has 0 aliphatic carbocycles. The fourth-order valence-corrected chi connectivity index (χ4v) is 3.83. The standard InChI is InChI=1S/C17H20FN3OS/c1-11-8-14(19)6-7-21(11)17(22)15-10-20-16(23-15)9-12-2-4-13(18)5-3-12/h2-5,10-11,14H,6-9,19H2,1H3. The number of nitrogens with zero attached hydrogens (tertiary/aromatic N) is 2. The highest BCUT2D eigenvalue weighted by atomic mass is 32.1. The smallest absolute Gasteiger partial charge is 0.265 e. The number of nitrogens with two attached hydrogens (primary N) is 1. The molecule has 3 rings (SSSR count). The third kappa shape index (κ3) is 3.76. The highest BCUT2D eigenvalue weighted by Gasteiger charge is 2.28. The molecular weight excluding hydrogens is 313 g/mol. The van der Waals surface area contributed by atoms with Gasteiger partial charge < -0.3 is 10.6 Å². The van der Waals surface area contributed by atoms with Gasteiger partial charge in [0.05, 0.1) is 11.2 Å². The third-order valence-electron chi connectivity index (χ3n) is 4.21. The van der Waals surface area contributed by atoms with Gasteiger partial charge >= 0.3 is 0 Å². The Morgan fingerprint density at radius 2 is 2.17 bits per heavy atom. The van der Waals surface area contributed by atoms with Crippen LogP contribution in [-0.2, 0) is 6.42 Å². The summed E-state index contributed by atoms with van der Waals surface area (Å²) in [7, 11) is 0. The van der Waals surface area contributed by atoms with Crippen LogP contribution in [0.4, 0.5) is 4.39 Å². The van der Waals surface area contributed by atoms with Crippen LogP contribution in [0.1, 0.15) is 40.0 Å². The number of carbonyl (C=O) groups excluding carboxylic acids is 1. The number of amides is 1. The average molecular weight is 333 g/mol. The predicted molar refractivity (Wildman–Crippen MR) is 89.0 cm³/mol. The van der Waals surface area contributed by atoms with E-state index in [4.69, 9.17) is 5.73 Å². The molecule has 0 bridgehead atoms.